The molecule has 2 N–H and O–H groups in total. The number of amides is 1. The Hall–Kier alpha value is -4.10. The van der Waals surface area contributed by atoms with Gasteiger partial charge in [0.15, 0.2) is 11.4 Å². The number of halogens is 1. The minimum atomic E-state index is -0.433. The molecule has 8 heteroatoms. The van der Waals surface area contributed by atoms with Gasteiger partial charge in [0.25, 0.3) is 11.5 Å². The molecule has 1 amide bonds. The van der Waals surface area contributed by atoms with E-state index in [9.17, 15) is 9.59 Å². The van der Waals surface area contributed by atoms with E-state index in [4.69, 9.17) is 16.3 Å². The Balaban J connectivity index is 1.50. The Bertz CT molecular complexity index is 1380. The summed E-state index contributed by atoms with van der Waals surface area (Å²) in [5, 5.41) is 10.8. The molecule has 3 aromatic carbocycles. The maximum absolute atomic E-state index is 13.5. The van der Waals surface area contributed by atoms with Crippen LogP contribution in [0.4, 0.5) is 11.4 Å². The molecule has 0 spiro atoms. The van der Waals surface area contributed by atoms with E-state index >= 15 is 0 Å². The number of aromatic nitrogens is 2. The van der Waals surface area contributed by atoms with Crippen molar-refractivity contribution in [2.75, 3.05) is 5.32 Å². The number of ether oxygens (including phenoxy) is 1. The third-order valence-corrected chi connectivity index (χ3v) is 5.64. The SMILES string of the molecule is O=C(NC1CC1)c1ccc(Nc2c(Oc3ccccc3)cnn(-c3ccccc3Cl)c2=O)cc1. The summed E-state index contributed by atoms with van der Waals surface area (Å²) in [6.07, 6.45) is 3.52. The molecule has 170 valence electrons. The molecular weight excluding hydrogens is 452 g/mol. The van der Waals surface area contributed by atoms with Crippen LogP contribution in [0, 0.1) is 0 Å². The first kappa shape index (κ1) is 21.7. The third kappa shape index (κ3) is 4.79. The van der Waals surface area contributed by atoms with Crippen molar-refractivity contribution in [3.8, 4) is 17.2 Å². The molecule has 0 unspecified atom stereocenters. The summed E-state index contributed by atoms with van der Waals surface area (Å²) in [7, 11) is 0. The zero-order valence-electron chi connectivity index (χ0n) is 18.1. The minimum absolute atomic E-state index is 0.105. The number of carbonyl (C=O) groups excluding carboxylic acids is 1. The van der Waals surface area contributed by atoms with Crippen LogP contribution in [0.15, 0.2) is 89.9 Å². The van der Waals surface area contributed by atoms with Crippen molar-refractivity contribution in [1.29, 1.82) is 0 Å². The molecule has 1 aromatic heterocycles. The van der Waals surface area contributed by atoms with Gasteiger partial charge in [-0.1, -0.05) is 41.9 Å². The molecule has 1 aliphatic rings. The fraction of sp³-hybridized carbons (Fsp3) is 0.115. The monoisotopic (exact) mass is 472 g/mol. The molecule has 0 saturated heterocycles. The van der Waals surface area contributed by atoms with Crippen molar-refractivity contribution in [3.05, 3.63) is 106 Å². The Labute approximate surface area is 201 Å². The Morgan fingerprint density at radius 1 is 0.971 bits per heavy atom. The summed E-state index contributed by atoms with van der Waals surface area (Å²) in [6.45, 7) is 0. The smallest absolute Gasteiger partial charge is 0.299 e. The normalized spacial score (nSPS) is 12.7. The molecule has 1 aliphatic carbocycles. The Morgan fingerprint density at radius 3 is 2.38 bits per heavy atom. The second-order valence-electron chi connectivity index (χ2n) is 7.92. The van der Waals surface area contributed by atoms with Crippen LogP contribution in [-0.4, -0.2) is 21.7 Å². The first-order chi connectivity index (χ1) is 16.6. The van der Waals surface area contributed by atoms with Crippen molar-refractivity contribution < 1.29 is 9.53 Å². The summed E-state index contributed by atoms with van der Waals surface area (Å²) < 4.78 is 7.18. The topological polar surface area (TPSA) is 85.2 Å². The molecule has 5 rings (SSSR count). The van der Waals surface area contributed by atoms with E-state index in [0.717, 1.165) is 12.8 Å². The minimum Gasteiger partial charge on any atom is -0.453 e. The molecule has 1 heterocycles. The molecule has 0 bridgehead atoms. The quantitative estimate of drug-likeness (QED) is 0.380. The van der Waals surface area contributed by atoms with E-state index in [1.165, 1.54) is 10.9 Å². The van der Waals surface area contributed by atoms with E-state index in [1.54, 1.807) is 60.7 Å². The predicted octanol–water partition coefficient (Wildman–Crippen LogP) is 5.31. The standard InChI is InChI=1S/C26H21ClN4O3/c27-21-8-4-5-9-22(21)31-26(33)24(23(16-28-31)34-20-6-2-1-3-7-20)29-18-12-10-17(11-13-18)25(32)30-19-14-15-19/h1-13,16,19,29H,14-15H2,(H,30,32). The van der Waals surface area contributed by atoms with Crippen LogP contribution in [0.2, 0.25) is 5.02 Å². The van der Waals surface area contributed by atoms with Crippen LogP contribution < -0.4 is 20.9 Å². The summed E-state index contributed by atoms with van der Waals surface area (Å²) in [5.41, 5.74) is 1.39. The van der Waals surface area contributed by atoms with Crippen LogP contribution in [0.1, 0.15) is 23.2 Å². The highest BCUT2D eigenvalue weighted by Crippen LogP contribution is 2.29. The highest BCUT2D eigenvalue weighted by atomic mass is 35.5. The lowest BCUT2D eigenvalue weighted by atomic mass is 10.2. The van der Waals surface area contributed by atoms with Gasteiger partial charge >= 0.3 is 0 Å². The van der Waals surface area contributed by atoms with Crippen LogP contribution in [0.5, 0.6) is 11.5 Å². The second kappa shape index (κ2) is 9.41. The first-order valence-corrected chi connectivity index (χ1v) is 11.2. The van der Waals surface area contributed by atoms with Gasteiger partial charge in [-0.2, -0.15) is 9.78 Å². The summed E-state index contributed by atoms with van der Waals surface area (Å²) in [6, 6.07) is 23.3. The number of para-hydroxylation sites is 2. The van der Waals surface area contributed by atoms with Gasteiger partial charge in [-0.05, 0) is 61.4 Å². The van der Waals surface area contributed by atoms with Gasteiger partial charge in [-0.3, -0.25) is 9.59 Å². The maximum atomic E-state index is 13.5. The van der Waals surface area contributed by atoms with E-state index in [2.05, 4.69) is 15.7 Å². The number of hydrogen-bond donors (Lipinski definition) is 2. The zero-order chi connectivity index (χ0) is 23.5. The fourth-order valence-corrected chi connectivity index (χ4v) is 3.60. The van der Waals surface area contributed by atoms with Crippen molar-refractivity contribution in [1.82, 2.24) is 15.1 Å². The number of benzene rings is 3. The number of rotatable bonds is 7. The molecule has 1 fully saturated rings. The average Bonchev–Trinajstić information content (AvgIpc) is 3.67. The molecule has 4 aromatic rings. The van der Waals surface area contributed by atoms with Crippen molar-refractivity contribution in [2.45, 2.75) is 18.9 Å². The van der Waals surface area contributed by atoms with Crippen molar-refractivity contribution in [2.24, 2.45) is 0 Å². The van der Waals surface area contributed by atoms with E-state index in [-0.39, 0.29) is 23.4 Å². The van der Waals surface area contributed by atoms with Gasteiger partial charge < -0.3 is 15.4 Å². The van der Waals surface area contributed by atoms with E-state index < -0.39 is 5.56 Å². The van der Waals surface area contributed by atoms with Gasteiger partial charge in [0.2, 0.25) is 0 Å². The van der Waals surface area contributed by atoms with Gasteiger partial charge in [0.05, 0.1) is 16.9 Å². The lowest BCUT2D eigenvalue weighted by Crippen LogP contribution is -2.25. The van der Waals surface area contributed by atoms with Crippen LogP contribution in [0.3, 0.4) is 0 Å². The highest BCUT2D eigenvalue weighted by Gasteiger charge is 2.23. The van der Waals surface area contributed by atoms with Gasteiger partial charge in [0, 0.05) is 17.3 Å². The Kier molecular flexibility index (Phi) is 6.01. The molecule has 0 aliphatic heterocycles. The Morgan fingerprint density at radius 2 is 1.68 bits per heavy atom. The summed E-state index contributed by atoms with van der Waals surface area (Å²) >= 11 is 6.31. The lowest BCUT2D eigenvalue weighted by molar-refractivity contribution is 0.0951. The van der Waals surface area contributed by atoms with Crippen LogP contribution >= 0.6 is 11.6 Å². The van der Waals surface area contributed by atoms with Crippen LogP contribution in [-0.2, 0) is 0 Å². The van der Waals surface area contributed by atoms with Crippen molar-refractivity contribution in [3.63, 3.8) is 0 Å². The lowest BCUT2D eigenvalue weighted by Gasteiger charge is -2.15. The summed E-state index contributed by atoms with van der Waals surface area (Å²) in [4.78, 5) is 25.8. The van der Waals surface area contributed by atoms with Crippen LogP contribution in [0.25, 0.3) is 5.69 Å². The average molecular weight is 473 g/mol. The van der Waals surface area contributed by atoms with E-state index in [0.29, 0.717) is 27.7 Å². The molecule has 34 heavy (non-hydrogen) atoms. The zero-order valence-corrected chi connectivity index (χ0v) is 18.8. The number of nitrogens with one attached hydrogen (secondary N) is 2. The highest BCUT2D eigenvalue weighted by molar-refractivity contribution is 6.32. The number of anilines is 2. The number of hydrogen-bond acceptors (Lipinski definition) is 5. The second-order valence-corrected chi connectivity index (χ2v) is 8.32. The molecule has 1 saturated carbocycles. The van der Waals surface area contributed by atoms with Gasteiger partial charge in [-0.15, -0.1) is 0 Å². The summed E-state index contributed by atoms with van der Waals surface area (Å²) in [5.74, 6) is 0.719. The van der Waals surface area contributed by atoms with E-state index in [1.807, 2.05) is 18.2 Å². The number of carbonyl (C=O) groups is 1. The maximum Gasteiger partial charge on any atom is 0.299 e. The molecular formula is C26H21ClN4O3. The third-order valence-electron chi connectivity index (χ3n) is 5.32. The molecule has 0 atom stereocenters. The fourth-order valence-electron chi connectivity index (χ4n) is 3.39. The van der Waals surface area contributed by atoms with Crippen molar-refractivity contribution >= 4 is 28.9 Å². The molecule has 0 radical (unpaired) electrons. The molecule has 7 nitrogen and oxygen atoms in total. The first-order valence-electron chi connectivity index (χ1n) is 10.9. The van der Waals surface area contributed by atoms with Gasteiger partial charge in [0.1, 0.15) is 5.75 Å². The largest absolute Gasteiger partial charge is 0.453 e. The van der Waals surface area contributed by atoms with Gasteiger partial charge in [-0.25, -0.2) is 0 Å². The predicted molar refractivity (Wildman–Crippen MR) is 132 cm³/mol. The number of nitrogens with zero attached hydrogens (tertiary/aromatic N) is 2.